The number of hydrogen-bond acceptors (Lipinski definition) is 8. The van der Waals surface area contributed by atoms with Gasteiger partial charge in [0.25, 0.3) is 0 Å². The van der Waals surface area contributed by atoms with Gasteiger partial charge in [-0.15, -0.1) is 0 Å². The van der Waals surface area contributed by atoms with E-state index in [0.29, 0.717) is 22.2 Å². The lowest BCUT2D eigenvalue weighted by atomic mass is 9.68. The van der Waals surface area contributed by atoms with Crippen molar-refractivity contribution in [3.05, 3.63) is 36.4 Å². The minimum atomic E-state index is -0.937. The normalized spacial score (nSPS) is 24.3. The number of amides is 1. The Hall–Kier alpha value is -3.07. The molecule has 0 bridgehead atoms. The number of hydrogen-bond donors (Lipinski definition) is 2. The summed E-state index contributed by atoms with van der Waals surface area (Å²) in [6, 6.07) is 5.32. The van der Waals surface area contributed by atoms with Crippen LogP contribution in [0.3, 0.4) is 0 Å². The number of aliphatic hydroxyl groups excluding tert-OH is 1. The molecule has 1 atom stereocenters. The van der Waals surface area contributed by atoms with E-state index in [4.69, 9.17) is 9.52 Å². The third kappa shape index (κ3) is 3.84. The molecule has 2 N–H and O–H groups in total. The number of nitrogens with zero attached hydrogens (tertiary/aromatic N) is 5. The average Bonchev–Trinajstić information content (AvgIpc) is 3.54. The van der Waals surface area contributed by atoms with Crippen LogP contribution in [0.25, 0.3) is 11.1 Å². The molecule has 1 spiro atoms. The van der Waals surface area contributed by atoms with Crippen LogP contribution in [0.15, 0.2) is 45.9 Å². The molecule has 9 heteroatoms. The highest BCUT2D eigenvalue weighted by molar-refractivity contribution is 5.99. The maximum Gasteiger partial charge on any atom is 0.245 e. The predicted octanol–water partition coefficient (Wildman–Crippen LogP) is 2.57. The summed E-state index contributed by atoms with van der Waals surface area (Å²) in [7, 11) is 0. The first-order valence-corrected chi connectivity index (χ1v) is 12.0. The Balaban J connectivity index is 1.20. The Kier molecular flexibility index (Phi) is 5.01. The van der Waals surface area contributed by atoms with Gasteiger partial charge in [0.05, 0.1) is 5.70 Å². The summed E-state index contributed by atoms with van der Waals surface area (Å²) in [4.78, 5) is 21.6. The number of carbonyl (C=O) groups excluding carboxylic acids is 1. The van der Waals surface area contributed by atoms with Gasteiger partial charge < -0.3 is 24.6 Å². The zero-order valence-corrected chi connectivity index (χ0v) is 18.7. The SMILES string of the molecule is O=C(CN1N=C(N2CCC3(CCC3)C2)C(N2CCCC2)=CC1O)Nc1ccc2ocnc2c1. The highest BCUT2D eigenvalue weighted by Gasteiger charge is 2.45. The van der Waals surface area contributed by atoms with Crippen LogP contribution in [0.1, 0.15) is 38.5 Å². The second-order valence-corrected chi connectivity index (χ2v) is 9.79. The summed E-state index contributed by atoms with van der Waals surface area (Å²) < 4.78 is 5.26. The van der Waals surface area contributed by atoms with E-state index in [-0.39, 0.29) is 12.5 Å². The van der Waals surface area contributed by atoms with Crippen LogP contribution in [0.2, 0.25) is 0 Å². The molecule has 33 heavy (non-hydrogen) atoms. The number of amidine groups is 1. The molecule has 3 fully saturated rings. The third-order valence-electron chi connectivity index (χ3n) is 7.58. The fourth-order valence-corrected chi connectivity index (χ4v) is 5.58. The molecule has 2 saturated heterocycles. The van der Waals surface area contributed by atoms with Crippen molar-refractivity contribution in [3.8, 4) is 0 Å². The Morgan fingerprint density at radius 3 is 2.76 bits per heavy atom. The lowest BCUT2D eigenvalue weighted by Gasteiger charge is -2.40. The summed E-state index contributed by atoms with van der Waals surface area (Å²) in [6.45, 7) is 3.94. The van der Waals surface area contributed by atoms with Gasteiger partial charge in [-0.3, -0.25) is 9.80 Å². The van der Waals surface area contributed by atoms with E-state index < -0.39 is 6.23 Å². The van der Waals surface area contributed by atoms with Gasteiger partial charge in [0.2, 0.25) is 5.91 Å². The summed E-state index contributed by atoms with van der Waals surface area (Å²) in [5.74, 6) is 0.665. The molecule has 3 aliphatic heterocycles. The fraction of sp³-hybridized carbons (Fsp3) is 0.542. The molecule has 1 saturated carbocycles. The number of nitrogens with one attached hydrogen (secondary N) is 1. The molecule has 1 unspecified atom stereocenters. The van der Waals surface area contributed by atoms with E-state index >= 15 is 0 Å². The quantitative estimate of drug-likeness (QED) is 0.739. The molecule has 0 radical (unpaired) electrons. The topological polar surface area (TPSA) is 97.4 Å². The number of hydrazone groups is 1. The number of anilines is 1. The number of carbonyl (C=O) groups is 1. The Labute approximate surface area is 192 Å². The van der Waals surface area contributed by atoms with Crippen LogP contribution in [0, 0.1) is 5.41 Å². The number of aromatic nitrogens is 1. The molecule has 174 valence electrons. The standard InChI is InChI=1S/C24H30N6O3/c31-21(26-17-4-5-20-18(12-17)25-16-33-20)14-30-22(32)13-19(28-9-1-2-10-28)23(27-30)29-11-8-24(15-29)6-3-7-24/h4-5,12-13,16,22,32H,1-3,6-11,14-15H2,(H,26,31). The van der Waals surface area contributed by atoms with Crippen LogP contribution >= 0.6 is 0 Å². The van der Waals surface area contributed by atoms with E-state index in [2.05, 4.69) is 20.1 Å². The smallest absolute Gasteiger partial charge is 0.245 e. The van der Waals surface area contributed by atoms with Crippen molar-refractivity contribution in [2.24, 2.45) is 10.5 Å². The molecule has 9 nitrogen and oxygen atoms in total. The van der Waals surface area contributed by atoms with E-state index in [1.165, 1.54) is 37.1 Å². The van der Waals surface area contributed by atoms with Crippen molar-refractivity contribution >= 4 is 28.5 Å². The van der Waals surface area contributed by atoms with Crippen LogP contribution in [0.4, 0.5) is 5.69 Å². The molecule has 4 aliphatic rings. The summed E-state index contributed by atoms with van der Waals surface area (Å²) in [6.07, 6.45) is 9.75. The van der Waals surface area contributed by atoms with Crippen LogP contribution < -0.4 is 5.32 Å². The van der Waals surface area contributed by atoms with Crippen molar-refractivity contribution in [1.82, 2.24) is 19.8 Å². The summed E-state index contributed by atoms with van der Waals surface area (Å²) >= 11 is 0. The summed E-state index contributed by atoms with van der Waals surface area (Å²) in [5.41, 5.74) is 3.45. The average molecular weight is 451 g/mol. The van der Waals surface area contributed by atoms with Crippen LogP contribution in [0.5, 0.6) is 0 Å². The molecular formula is C24H30N6O3. The number of fused-ring (bicyclic) bond motifs is 1. The fourth-order valence-electron chi connectivity index (χ4n) is 5.58. The molecule has 6 rings (SSSR count). The lowest BCUT2D eigenvalue weighted by Crippen LogP contribution is -2.47. The second kappa shape index (κ2) is 8.06. The van der Waals surface area contributed by atoms with Gasteiger partial charge in [-0.1, -0.05) is 6.42 Å². The number of likely N-dealkylation sites (tertiary alicyclic amines) is 2. The maximum absolute atomic E-state index is 12.8. The number of oxazole rings is 1. The molecule has 1 aromatic heterocycles. The zero-order chi connectivity index (χ0) is 22.4. The minimum Gasteiger partial charge on any atom is -0.443 e. The van der Waals surface area contributed by atoms with Crippen molar-refractivity contribution in [2.45, 2.75) is 44.8 Å². The van der Waals surface area contributed by atoms with Gasteiger partial charge in [0, 0.05) is 31.9 Å². The molecular weight excluding hydrogens is 420 g/mol. The van der Waals surface area contributed by atoms with Crippen molar-refractivity contribution < 1.29 is 14.3 Å². The monoisotopic (exact) mass is 450 g/mol. The molecule has 1 aromatic carbocycles. The van der Waals surface area contributed by atoms with Gasteiger partial charge in [-0.05, 0) is 61.8 Å². The first-order chi connectivity index (χ1) is 16.1. The molecule has 4 heterocycles. The number of benzene rings is 1. The van der Waals surface area contributed by atoms with Gasteiger partial charge in [-0.25, -0.2) is 4.98 Å². The largest absolute Gasteiger partial charge is 0.443 e. The first kappa shape index (κ1) is 20.5. The maximum atomic E-state index is 12.8. The Bertz CT molecular complexity index is 1110. The molecule has 2 aromatic rings. The van der Waals surface area contributed by atoms with E-state index in [9.17, 15) is 9.90 Å². The first-order valence-electron chi connectivity index (χ1n) is 12.0. The predicted molar refractivity (Wildman–Crippen MR) is 124 cm³/mol. The van der Waals surface area contributed by atoms with E-state index in [0.717, 1.165) is 50.6 Å². The zero-order valence-electron chi connectivity index (χ0n) is 18.7. The number of rotatable bonds is 4. The number of aliphatic hydroxyl groups is 1. The van der Waals surface area contributed by atoms with Gasteiger partial charge in [0.1, 0.15) is 12.1 Å². The lowest BCUT2D eigenvalue weighted by molar-refractivity contribution is -0.119. The van der Waals surface area contributed by atoms with E-state index in [1.54, 1.807) is 18.2 Å². The second-order valence-electron chi connectivity index (χ2n) is 9.79. The van der Waals surface area contributed by atoms with Crippen LogP contribution in [-0.2, 0) is 4.79 Å². The van der Waals surface area contributed by atoms with Crippen molar-refractivity contribution in [3.63, 3.8) is 0 Å². The van der Waals surface area contributed by atoms with Crippen LogP contribution in [-0.4, -0.2) is 75.6 Å². The van der Waals surface area contributed by atoms with Gasteiger partial charge in [0.15, 0.2) is 24.0 Å². The Morgan fingerprint density at radius 1 is 1.15 bits per heavy atom. The molecule has 1 aliphatic carbocycles. The van der Waals surface area contributed by atoms with E-state index in [1.807, 2.05) is 6.08 Å². The van der Waals surface area contributed by atoms with Crippen molar-refractivity contribution in [2.75, 3.05) is 38.0 Å². The Morgan fingerprint density at radius 2 is 2.00 bits per heavy atom. The minimum absolute atomic E-state index is 0.0374. The highest BCUT2D eigenvalue weighted by Crippen LogP contribution is 2.48. The van der Waals surface area contributed by atoms with Crippen molar-refractivity contribution in [1.29, 1.82) is 0 Å². The highest BCUT2D eigenvalue weighted by atomic mass is 16.3. The van der Waals surface area contributed by atoms with Gasteiger partial charge in [-0.2, -0.15) is 5.10 Å². The molecule has 1 amide bonds. The third-order valence-corrected chi connectivity index (χ3v) is 7.58. The summed E-state index contributed by atoms with van der Waals surface area (Å²) in [5, 5.41) is 20.1. The van der Waals surface area contributed by atoms with Gasteiger partial charge >= 0.3 is 0 Å².